The second-order valence-electron chi connectivity index (χ2n) is 8.05. The molecule has 5 heteroatoms. The Morgan fingerprint density at radius 1 is 0.968 bits per heavy atom. The zero-order chi connectivity index (χ0) is 21.4. The quantitative estimate of drug-likeness (QED) is 0.647. The molecule has 0 fully saturated rings. The standard InChI is InChI=1S/C26H23N3O2/c1-17(30)29-23-12-6-5-11-21(23)28-22-14-20(18-8-3-2-4-9-18)15-24(31)25(22)26(29)19-10-7-13-27-16-19/h2-13,16,20,26,28H,14-15H2,1H3/t20-,26-/m0/s1. The third kappa shape index (κ3) is 3.42. The lowest BCUT2D eigenvalue weighted by molar-refractivity contribution is -0.117. The molecule has 0 unspecified atom stereocenters. The number of Topliss-reactive ketones (excluding diaryl/α,β-unsaturated/α-hetero) is 1. The molecule has 5 rings (SSSR count). The molecule has 5 nitrogen and oxygen atoms in total. The fraction of sp³-hybridized carbons (Fsp3) is 0.192. The highest BCUT2D eigenvalue weighted by Gasteiger charge is 2.40. The summed E-state index contributed by atoms with van der Waals surface area (Å²) in [5, 5.41) is 3.52. The first-order chi connectivity index (χ1) is 15.1. The van der Waals surface area contributed by atoms with E-state index < -0.39 is 6.04 Å². The molecular formula is C26H23N3O2. The van der Waals surface area contributed by atoms with Gasteiger partial charge in [-0.3, -0.25) is 19.5 Å². The summed E-state index contributed by atoms with van der Waals surface area (Å²) in [5.41, 5.74) is 5.13. The lowest BCUT2D eigenvalue weighted by Crippen LogP contribution is -2.37. The van der Waals surface area contributed by atoms with E-state index in [-0.39, 0.29) is 17.6 Å². The molecule has 1 aliphatic carbocycles. The van der Waals surface area contributed by atoms with Gasteiger partial charge in [0.05, 0.1) is 17.4 Å². The highest BCUT2D eigenvalue weighted by atomic mass is 16.2. The van der Waals surface area contributed by atoms with Crippen LogP contribution in [0.1, 0.15) is 42.9 Å². The fourth-order valence-corrected chi connectivity index (χ4v) is 4.75. The number of amides is 1. The van der Waals surface area contributed by atoms with Crippen molar-refractivity contribution in [2.45, 2.75) is 31.7 Å². The Hall–Kier alpha value is -3.73. The molecule has 1 amide bonds. The monoisotopic (exact) mass is 409 g/mol. The smallest absolute Gasteiger partial charge is 0.224 e. The van der Waals surface area contributed by atoms with Crippen molar-refractivity contribution in [3.63, 3.8) is 0 Å². The van der Waals surface area contributed by atoms with Crippen molar-refractivity contribution >= 4 is 23.1 Å². The first-order valence-electron chi connectivity index (χ1n) is 10.5. The maximum absolute atomic E-state index is 13.6. The number of allylic oxidation sites excluding steroid dienone is 1. The summed E-state index contributed by atoms with van der Waals surface area (Å²) < 4.78 is 0. The highest BCUT2D eigenvalue weighted by molar-refractivity contribution is 6.05. The van der Waals surface area contributed by atoms with Crippen molar-refractivity contribution in [3.05, 3.63) is 102 Å². The van der Waals surface area contributed by atoms with Crippen LogP contribution in [-0.4, -0.2) is 16.7 Å². The zero-order valence-corrected chi connectivity index (χ0v) is 17.3. The Labute approximate surface area is 181 Å². The van der Waals surface area contributed by atoms with Gasteiger partial charge in [-0.2, -0.15) is 0 Å². The third-order valence-corrected chi connectivity index (χ3v) is 6.10. The average molecular weight is 409 g/mol. The number of carbonyl (C=O) groups is 2. The van der Waals surface area contributed by atoms with Crippen LogP contribution in [0.3, 0.4) is 0 Å². The second-order valence-corrected chi connectivity index (χ2v) is 8.05. The predicted molar refractivity (Wildman–Crippen MR) is 121 cm³/mol. The number of benzene rings is 2. The maximum Gasteiger partial charge on any atom is 0.224 e. The summed E-state index contributed by atoms with van der Waals surface area (Å²) in [7, 11) is 0. The van der Waals surface area contributed by atoms with Gasteiger partial charge in [0.1, 0.15) is 0 Å². The first-order valence-corrected chi connectivity index (χ1v) is 10.5. The van der Waals surface area contributed by atoms with Crippen LogP contribution in [0.5, 0.6) is 0 Å². The summed E-state index contributed by atoms with van der Waals surface area (Å²) >= 11 is 0. The molecule has 0 radical (unpaired) electrons. The van der Waals surface area contributed by atoms with Crippen LogP contribution in [0.4, 0.5) is 11.4 Å². The fourth-order valence-electron chi connectivity index (χ4n) is 4.75. The van der Waals surface area contributed by atoms with Gasteiger partial charge in [0, 0.05) is 37.0 Å². The SMILES string of the molecule is CC(=O)N1c2ccccc2NC2=C(C(=O)C[C@@H](c3ccccc3)C2)[C@@H]1c1cccnc1. The molecule has 2 aliphatic rings. The minimum atomic E-state index is -0.512. The number of hydrogen-bond acceptors (Lipinski definition) is 4. The number of fused-ring (bicyclic) bond motifs is 1. The second kappa shape index (κ2) is 7.84. The number of aromatic nitrogens is 1. The molecule has 31 heavy (non-hydrogen) atoms. The molecule has 1 aromatic heterocycles. The van der Waals surface area contributed by atoms with E-state index in [4.69, 9.17) is 0 Å². The van der Waals surface area contributed by atoms with E-state index in [0.29, 0.717) is 18.4 Å². The van der Waals surface area contributed by atoms with E-state index in [1.54, 1.807) is 24.2 Å². The Morgan fingerprint density at radius 3 is 2.45 bits per heavy atom. The average Bonchev–Trinajstić information content (AvgIpc) is 2.95. The molecule has 3 aromatic rings. The molecule has 1 aliphatic heterocycles. The van der Waals surface area contributed by atoms with E-state index >= 15 is 0 Å². The number of para-hydroxylation sites is 2. The Morgan fingerprint density at radius 2 is 1.71 bits per heavy atom. The van der Waals surface area contributed by atoms with Crippen molar-refractivity contribution in [2.75, 3.05) is 10.2 Å². The molecule has 0 spiro atoms. The van der Waals surface area contributed by atoms with Crippen molar-refractivity contribution < 1.29 is 9.59 Å². The van der Waals surface area contributed by atoms with Gasteiger partial charge in [0.25, 0.3) is 0 Å². The first kappa shape index (κ1) is 19.2. The maximum atomic E-state index is 13.6. The molecule has 0 bridgehead atoms. The van der Waals surface area contributed by atoms with E-state index in [0.717, 1.165) is 28.2 Å². The van der Waals surface area contributed by atoms with Crippen LogP contribution in [0.15, 0.2) is 90.4 Å². The lowest BCUT2D eigenvalue weighted by atomic mass is 9.78. The number of nitrogens with zero attached hydrogens (tertiary/aromatic N) is 2. The highest BCUT2D eigenvalue weighted by Crippen LogP contribution is 2.47. The van der Waals surface area contributed by atoms with Crippen molar-refractivity contribution in [1.82, 2.24) is 4.98 Å². The largest absolute Gasteiger partial charge is 0.357 e. The molecule has 154 valence electrons. The van der Waals surface area contributed by atoms with Gasteiger partial charge in [0.15, 0.2) is 5.78 Å². The number of pyridine rings is 1. The summed E-state index contributed by atoms with van der Waals surface area (Å²) in [6.45, 7) is 1.55. The van der Waals surface area contributed by atoms with Crippen LogP contribution < -0.4 is 10.2 Å². The molecule has 2 heterocycles. The van der Waals surface area contributed by atoms with Gasteiger partial charge >= 0.3 is 0 Å². The van der Waals surface area contributed by atoms with Gasteiger partial charge < -0.3 is 5.32 Å². The van der Waals surface area contributed by atoms with Crippen LogP contribution >= 0.6 is 0 Å². The zero-order valence-electron chi connectivity index (χ0n) is 17.3. The number of anilines is 2. The van der Waals surface area contributed by atoms with Gasteiger partial charge in [-0.05, 0) is 41.7 Å². The lowest BCUT2D eigenvalue weighted by Gasteiger charge is -2.34. The third-order valence-electron chi connectivity index (χ3n) is 6.10. The summed E-state index contributed by atoms with van der Waals surface area (Å²) in [4.78, 5) is 32.5. The van der Waals surface area contributed by atoms with Crippen LogP contribution in [0.2, 0.25) is 0 Å². The number of nitrogens with one attached hydrogen (secondary N) is 1. The van der Waals surface area contributed by atoms with E-state index in [1.807, 2.05) is 54.6 Å². The number of rotatable bonds is 2. The van der Waals surface area contributed by atoms with E-state index in [1.165, 1.54) is 0 Å². The van der Waals surface area contributed by atoms with E-state index in [2.05, 4.69) is 22.4 Å². The normalized spacial score (nSPS) is 20.4. The molecule has 1 N–H and O–H groups in total. The number of hydrogen-bond donors (Lipinski definition) is 1. The Kier molecular flexibility index (Phi) is 4.86. The topological polar surface area (TPSA) is 62.3 Å². The summed E-state index contributed by atoms with van der Waals surface area (Å²) in [6, 6.07) is 21.2. The van der Waals surface area contributed by atoms with Gasteiger partial charge in [0.2, 0.25) is 5.91 Å². The van der Waals surface area contributed by atoms with Crippen molar-refractivity contribution in [1.29, 1.82) is 0 Å². The van der Waals surface area contributed by atoms with Gasteiger partial charge in [-0.25, -0.2) is 0 Å². The van der Waals surface area contributed by atoms with Crippen LogP contribution in [0, 0.1) is 0 Å². The van der Waals surface area contributed by atoms with Crippen LogP contribution in [0.25, 0.3) is 0 Å². The molecule has 0 saturated heterocycles. The van der Waals surface area contributed by atoms with Crippen molar-refractivity contribution in [3.8, 4) is 0 Å². The number of ketones is 1. The predicted octanol–water partition coefficient (Wildman–Crippen LogP) is 5.00. The Balaban J connectivity index is 1.71. The van der Waals surface area contributed by atoms with Gasteiger partial charge in [-0.1, -0.05) is 48.5 Å². The summed E-state index contributed by atoms with van der Waals surface area (Å²) in [6.07, 6.45) is 4.58. The molecule has 2 aromatic carbocycles. The van der Waals surface area contributed by atoms with Crippen LogP contribution in [-0.2, 0) is 9.59 Å². The molecule has 0 saturated carbocycles. The minimum Gasteiger partial charge on any atom is -0.357 e. The number of carbonyl (C=O) groups excluding carboxylic acids is 2. The Bertz CT molecular complexity index is 1170. The molecular weight excluding hydrogens is 386 g/mol. The minimum absolute atomic E-state index is 0.0653. The van der Waals surface area contributed by atoms with Crippen molar-refractivity contribution in [2.24, 2.45) is 0 Å². The van der Waals surface area contributed by atoms with Gasteiger partial charge in [-0.15, -0.1) is 0 Å². The summed E-state index contributed by atoms with van der Waals surface area (Å²) in [5.74, 6) is 0.0517. The molecule has 2 atom stereocenters. The van der Waals surface area contributed by atoms with E-state index in [9.17, 15) is 9.59 Å².